The second kappa shape index (κ2) is 7.22. The lowest BCUT2D eigenvalue weighted by Crippen LogP contribution is -2.58. The monoisotopic (exact) mass is 462 g/mol. The van der Waals surface area contributed by atoms with Gasteiger partial charge in [0.15, 0.2) is 22.7 Å². The zero-order chi connectivity index (χ0) is 23.8. The fraction of sp³-hybridized carbons (Fsp3) is 0.333. The molecule has 0 saturated carbocycles. The van der Waals surface area contributed by atoms with Crippen molar-refractivity contribution >= 4 is 32.7 Å². The van der Waals surface area contributed by atoms with E-state index in [0.717, 1.165) is 12.1 Å². The van der Waals surface area contributed by atoms with Crippen LogP contribution in [0.25, 0.3) is 32.7 Å². The van der Waals surface area contributed by atoms with E-state index in [2.05, 4.69) is 0 Å². The quantitative estimate of drug-likeness (QED) is 0.204. The van der Waals surface area contributed by atoms with Crippen molar-refractivity contribution in [2.45, 2.75) is 37.6 Å². The van der Waals surface area contributed by atoms with Crippen LogP contribution in [0.2, 0.25) is 0 Å². The summed E-state index contributed by atoms with van der Waals surface area (Å²) in [5.41, 5.74) is -2.46. The van der Waals surface area contributed by atoms with E-state index in [1.165, 1.54) is 14.0 Å². The van der Waals surface area contributed by atoms with E-state index in [9.17, 15) is 35.1 Å². The van der Waals surface area contributed by atoms with Gasteiger partial charge in [0, 0.05) is 10.8 Å². The van der Waals surface area contributed by atoms with Gasteiger partial charge in [-0.15, -0.1) is 0 Å². The van der Waals surface area contributed by atoms with Crippen LogP contribution in [0.3, 0.4) is 0 Å². The number of phenolic OH excluding ortho intramolecular Hbond substituents is 2. The molecule has 2 aromatic carbocycles. The van der Waals surface area contributed by atoms with Gasteiger partial charge in [-0.25, -0.2) is 9.59 Å². The van der Waals surface area contributed by atoms with Crippen molar-refractivity contribution in [1.82, 2.24) is 0 Å². The maximum absolute atomic E-state index is 12.7. The number of hydrogen-bond acceptors (Lipinski definition) is 12. The predicted octanol–water partition coefficient (Wildman–Crippen LogP) is 0.116. The number of benzene rings is 2. The molecule has 1 fully saturated rings. The Morgan fingerprint density at radius 1 is 0.818 bits per heavy atom. The summed E-state index contributed by atoms with van der Waals surface area (Å²) in [7, 11) is 1.23. The molecule has 0 bridgehead atoms. The topological polar surface area (TPSA) is 189 Å². The zero-order valence-electron chi connectivity index (χ0n) is 17.1. The number of phenols is 2. The molecule has 12 nitrogen and oxygen atoms in total. The molecule has 12 heteroatoms. The minimum Gasteiger partial charge on any atom is -0.504 e. The van der Waals surface area contributed by atoms with Crippen molar-refractivity contribution in [3.8, 4) is 23.0 Å². The van der Waals surface area contributed by atoms with Gasteiger partial charge >= 0.3 is 11.3 Å². The Morgan fingerprint density at radius 3 is 1.88 bits per heavy atom. The van der Waals surface area contributed by atoms with Crippen LogP contribution >= 0.6 is 0 Å². The number of aliphatic hydroxyl groups excluding tert-OH is 3. The van der Waals surface area contributed by atoms with Crippen LogP contribution in [0.5, 0.6) is 23.0 Å². The van der Waals surface area contributed by atoms with Gasteiger partial charge in [0.05, 0.1) is 24.0 Å². The number of methoxy groups -OCH3 is 1. The average Bonchev–Trinajstić information content (AvgIpc) is 2.77. The molecular weight excluding hydrogens is 444 g/mol. The van der Waals surface area contributed by atoms with Gasteiger partial charge in [-0.1, -0.05) is 0 Å². The highest BCUT2D eigenvalue weighted by Gasteiger charge is 2.44. The molecule has 5 atom stereocenters. The molecule has 5 N–H and O–H groups in total. The van der Waals surface area contributed by atoms with Crippen LogP contribution in [0.4, 0.5) is 0 Å². The average molecular weight is 462 g/mol. The lowest BCUT2D eigenvalue weighted by atomic mass is 9.99. The molecule has 174 valence electrons. The summed E-state index contributed by atoms with van der Waals surface area (Å²) in [6.07, 6.45) is -7.24. The molecule has 2 aromatic heterocycles. The standard InChI is InChI=1S/C21H18O12/c1-5-12(24)13(25)14(26)21(30-5)33-16-9(23)4-7-11-10-6(20(28)32-18(11)16)3-8(22)15(29-2)17(10)31-19(7)27/h3-5,12-14,21-26H,1-2H3/t5-,12-,13+,14+,21+/m0/s1. The first kappa shape index (κ1) is 21.3. The molecule has 5 rings (SSSR count). The normalized spacial score (nSPS) is 25.8. The Morgan fingerprint density at radius 2 is 1.33 bits per heavy atom. The van der Waals surface area contributed by atoms with E-state index in [1.54, 1.807) is 0 Å². The summed E-state index contributed by atoms with van der Waals surface area (Å²) in [4.78, 5) is 25.4. The fourth-order valence-corrected chi connectivity index (χ4v) is 4.10. The summed E-state index contributed by atoms with van der Waals surface area (Å²) < 4.78 is 26.7. The highest BCUT2D eigenvalue weighted by molar-refractivity contribution is 6.22. The van der Waals surface area contributed by atoms with E-state index in [-0.39, 0.29) is 38.5 Å². The van der Waals surface area contributed by atoms with Crippen LogP contribution in [0.1, 0.15) is 6.92 Å². The van der Waals surface area contributed by atoms with Gasteiger partial charge in [-0.05, 0) is 19.1 Å². The van der Waals surface area contributed by atoms with Gasteiger partial charge in [-0.2, -0.15) is 0 Å². The Kier molecular flexibility index (Phi) is 4.65. The number of ether oxygens (including phenoxy) is 3. The Bertz CT molecular complexity index is 1500. The van der Waals surface area contributed by atoms with Gasteiger partial charge < -0.3 is 48.6 Å². The first-order valence-electron chi connectivity index (χ1n) is 9.79. The van der Waals surface area contributed by atoms with Gasteiger partial charge in [0.1, 0.15) is 18.3 Å². The molecular formula is C21H18O12. The Balaban J connectivity index is 1.82. The molecule has 33 heavy (non-hydrogen) atoms. The highest BCUT2D eigenvalue weighted by atomic mass is 16.7. The van der Waals surface area contributed by atoms with E-state index in [1.807, 2.05) is 0 Å². The van der Waals surface area contributed by atoms with E-state index in [4.69, 9.17) is 23.0 Å². The molecule has 0 radical (unpaired) electrons. The summed E-state index contributed by atoms with van der Waals surface area (Å²) >= 11 is 0. The molecule has 1 aliphatic heterocycles. The van der Waals surface area contributed by atoms with Crippen molar-refractivity contribution in [3.63, 3.8) is 0 Å². The molecule has 1 saturated heterocycles. The maximum atomic E-state index is 12.7. The molecule has 3 heterocycles. The summed E-state index contributed by atoms with van der Waals surface area (Å²) in [5, 5.41) is 50.8. The lowest BCUT2D eigenvalue weighted by molar-refractivity contribution is -0.268. The number of rotatable bonds is 3. The lowest BCUT2D eigenvalue weighted by Gasteiger charge is -2.38. The van der Waals surface area contributed by atoms with Crippen molar-refractivity contribution < 1.29 is 48.6 Å². The number of aliphatic hydroxyl groups is 3. The van der Waals surface area contributed by atoms with E-state index >= 15 is 0 Å². The first-order valence-corrected chi connectivity index (χ1v) is 9.79. The van der Waals surface area contributed by atoms with Crippen LogP contribution in [-0.4, -0.2) is 63.3 Å². The fourth-order valence-electron chi connectivity index (χ4n) is 4.10. The number of aromatic hydroxyl groups is 2. The third kappa shape index (κ3) is 2.92. The third-order valence-corrected chi connectivity index (χ3v) is 5.76. The third-order valence-electron chi connectivity index (χ3n) is 5.76. The predicted molar refractivity (Wildman–Crippen MR) is 110 cm³/mol. The summed E-state index contributed by atoms with van der Waals surface area (Å²) in [6.45, 7) is 1.43. The zero-order valence-corrected chi connectivity index (χ0v) is 17.1. The van der Waals surface area contributed by atoms with Gasteiger partial charge in [-0.3, -0.25) is 0 Å². The Hall–Kier alpha value is -3.58. The van der Waals surface area contributed by atoms with Crippen LogP contribution < -0.4 is 20.7 Å². The van der Waals surface area contributed by atoms with Crippen molar-refractivity contribution in [2.75, 3.05) is 7.11 Å². The molecule has 1 aliphatic rings. The maximum Gasteiger partial charge on any atom is 0.344 e. The second-order valence-corrected chi connectivity index (χ2v) is 7.74. The number of hydrogen-bond donors (Lipinski definition) is 5. The SMILES string of the molecule is COc1c(O)cc2c(=O)oc3c(O[C@H]4O[C@@H](C)[C@H](O)[C@@H](O)[C@H]4O)c(O)cc4c(=O)oc1c2c34. The van der Waals surface area contributed by atoms with Crippen LogP contribution in [0, 0.1) is 0 Å². The van der Waals surface area contributed by atoms with Crippen LogP contribution in [-0.2, 0) is 4.74 Å². The second-order valence-electron chi connectivity index (χ2n) is 7.74. The van der Waals surface area contributed by atoms with Crippen molar-refractivity contribution in [3.05, 3.63) is 33.0 Å². The van der Waals surface area contributed by atoms with Gasteiger partial charge in [0.25, 0.3) is 0 Å². The molecule has 0 spiro atoms. The molecule has 0 amide bonds. The molecule has 4 aromatic rings. The van der Waals surface area contributed by atoms with Crippen LogP contribution in [0.15, 0.2) is 30.6 Å². The largest absolute Gasteiger partial charge is 0.504 e. The Labute approximate surface area is 182 Å². The van der Waals surface area contributed by atoms with E-state index in [0.29, 0.717) is 0 Å². The highest BCUT2D eigenvalue weighted by Crippen LogP contribution is 2.45. The molecule has 0 aliphatic carbocycles. The first-order chi connectivity index (χ1) is 15.6. The summed E-state index contributed by atoms with van der Waals surface area (Å²) in [6, 6.07) is 2.11. The van der Waals surface area contributed by atoms with E-state index < -0.39 is 59.2 Å². The minimum atomic E-state index is -1.72. The minimum absolute atomic E-state index is 0.0286. The van der Waals surface area contributed by atoms with Crippen molar-refractivity contribution in [2.24, 2.45) is 0 Å². The van der Waals surface area contributed by atoms with Gasteiger partial charge in [0.2, 0.25) is 17.8 Å². The van der Waals surface area contributed by atoms with Crippen molar-refractivity contribution in [1.29, 1.82) is 0 Å². The summed E-state index contributed by atoms with van der Waals surface area (Å²) in [5.74, 6) is -1.75. The molecule has 0 unspecified atom stereocenters. The smallest absolute Gasteiger partial charge is 0.344 e.